The van der Waals surface area contributed by atoms with Crippen LogP contribution in [0.5, 0.6) is 0 Å². The van der Waals surface area contributed by atoms with Crippen LogP contribution in [0.2, 0.25) is 0 Å². The molecule has 0 bridgehead atoms. The number of rotatable bonds is 6. The third-order valence-corrected chi connectivity index (χ3v) is 6.66. The first-order chi connectivity index (χ1) is 9.73. The maximum Gasteiger partial charge on any atom is 0.0897 e. The Hall–Kier alpha value is -0.0700. The molecule has 1 atom stereocenters. The highest BCUT2D eigenvalue weighted by atomic mass is 19.1. The zero-order valence-corrected chi connectivity index (χ0v) is 13.8. The van der Waals surface area contributed by atoms with E-state index >= 15 is 0 Å². The maximum absolute atomic E-state index is 12.5. The number of hydrogen-bond donors (Lipinski definition) is 0. The van der Waals surface area contributed by atoms with E-state index in [2.05, 4.69) is 13.8 Å². The predicted molar refractivity (Wildman–Crippen MR) is 85.6 cm³/mol. The molecule has 20 heavy (non-hydrogen) atoms. The molecule has 2 fully saturated rings. The third kappa shape index (κ3) is 3.57. The topological polar surface area (TPSA) is 0 Å². The van der Waals surface area contributed by atoms with Crippen LogP contribution in [0.1, 0.15) is 90.9 Å². The molecule has 0 aliphatic heterocycles. The maximum atomic E-state index is 12.5. The van der Waals surface area contributed by atoms with Gasteiger partial charge in [-0.2, -0.15) is 0 Å². The smallest absolute Gasteiger partial charge is 0.0897 e. The fourth-order valence-electron chi connectivity index (χ4n) is 5.41. The van der Waals surface area contributed by atoms with E-state index in [0.29, 0.717) is 11.3 Å². The molecule has 0 aromatic heterocycles. The minimum Gasteiger partial charge on any atom is -0.251 e. The molecule has 0 saturated heterocycles. The Bertz CT molecular complexity index is 259. The first kappa shape index (κ1) is 16.3. The van der Waals surface area contributed by atoms with Gasteiger partial charge in [-0.1, -0.05) is 58.8 Å². The van der Waals surface area contributed by atoms with E-state index in [0.717, 1.165) is 18.3 Å². The highest BCUT2D eigenvalue weighted by Gasteiger charge is 2.44. The molecule has 118 valence electrons. The summed E-state index contributed by atoms with van der Waals surface area (Å²) in [6, 6.07) is 0. The number of halogens is 1. The summed E-state index contributed by atoms with van der Waals surface area (Å²) in [5, 5.41) is 0. The van der Waals surface area contributed by atoms with Crippen molar-refractivity contribution in [2.45, 2.75) is 90.9 Å². The SMILES string of the molecule is CCCC(C)C1(C2CCC(CCF)CC2)CCCCC1. The fourth-order valence-corrected chi connectivity index (χ4v) is 5.41. The van der Waals surface area contributed by atoms with Crippen molar-refractivity contribution in [3.63, 3.8) is 0 Å². The molecule has 0 aromatic rings. The lowest BCUT2D eigenvalue weighted by Crippen LogP contribution is -2.40. The monoisotopic (exact) mass is 282 g/mol. The van der Waals surface area contributed by atoms with Gasteiger partial charge in [-0.15, -0.1) is 0 Å². The van der Waals surface area contributed by atoms with Crippen LogP contribution in [0.15, 0.2) is 0 Å². The van der Waals surface area contributed by atoms with Crippen LogP contribution in [0.25, 0.3) is 0 Å². The van der Waals surface area contributed by atoms with Crippen LogP contribution in [-0.2, 0) is 0 Å². The van der Waals surface area contributed by atoms with Gasteiger partial charge in [0.25, 0.3) is 0 Å². The van der Waals surface area contributed by atoms with Crippen LogP contribution in [0.3, 0.4) is 0 Å². The van der Waals surface area contributed by atoms with Crippen molar-refractivity contribution in [2.24, 2.45) is 23.2 Å². The van der Waals surface area contributed by atoms with Gasteiger partial charge in [0.1, 0.15) is 0 Å². The zero-order valence-electron chi connectivity index (χ0n) is 13.8. The zero-order chi connectivity index (χ0) is 14.4. The van der Waals surface area contributed by atoms with E-state index in [1.54, 1.807) is 0 Å². The molecular formula is C19H35F. The summed E-state index contributed by atoms with van der Waals surface area (Å²) < 4.78 is 12.5. The van der Waals surface area contributed by atoms with Crippen molar-refractivity contribution in [1.82, 2.24) is 0 Å². The summed E-state index contributed by atoms with van der Waals surface area (Å²) in [7, 11) is 0. The first-order valence-electron chi connectivity index (χ1n) is 9.29. The second-order valence-electron chi connectivity index (χ2n) is 7.68. The van der Waals surface area contributed by atoms with Crippen molar-refractivity contribution in [3.05, 3.63) is 0 Å². The third-order valence-electron chi connectivity index (χ3n) is 6.66. The molecule has 0 spiro atoms. The van der Waals surface area contributed by atoms with Crippen LogP contribution in [0, 0.1) is 23.2 Å². The van der Waals surface area contributed by atoms with Gasteiger partial charge in [0.15, 0.2) is 0 Å². The number of hydrogen-bond acceptors (Lipinski definition) is 0. The van der Waals surface area contributed by atoms with E-state index in [1.807, 2.05) is 0 Å². The highest BCUT2D eigenvalue weighted by molar-refractivity contribution is 4.94. The molecule has 0 nitrogen and oxygen atoms in total. The molecular weight excluding hydrogens is 247 g/mol. The molecule has 1 heteroatoms. The summed E-state index contributed by atoms with van der Waals surface area (Å²) in [5.74, 6) is 2.54. The molecule has 0 N–H and O–H groups in total. The van der Waals surface area contributed by atoms with Gasteiger partial charge in [0.05, 0.1) is 6.67 Å². The molecule has 0 amide bonds. The summed E-state index contributed by atoms with van der Waals surface area (Å²) in [4.78, 5) is 0. The Morgan fingerprint density at radius 3 is 2.25 bits per heavy atom. The minimum atomic E-state index is -0.104. The quantitative estimate of drug-likeness (QED) is 0.519. The Morgan fingerprint density at radius 1 is 1.05 bits per heavy atom. The van der Waals surface area contributed by atoms with Crippen LogP contribution in [-0.4, -0.2) is 6.67 Å². The van der Waals surface area contributed by atoms with Gasteiger partial charge in [-0.3, -0.25) is 4.39 Å². The molecule has 2 saturated carbocycles. The van der Waals surface area contributed by atoms with E-state index in [-0.39, 0.29) is 6.67 Å². The Labute approximate surface area is 125 Å². The molecule has 2 aliphatic carbocycles. The summed E-state index contributed by atoms with van der Waals surface area (Å²) in [6.45, 7) is 4.76. The van der Waals surface area contributed by atoms with Gasteiger partial charge in [0.2, 0.25) is 0 Å². The van der Waals surface area contributed by atoms with E-state index in [1.165, 1.54) is 70.6 Å². The van der Waals surface area contributed by atoms with Crippen molar-refractivity contribution in [2.75, 3.05) is 6.67 Å². The fraction of sp³-hybridized carbons (Fsp3) is 1.00. The van der Waals surface area contributed by atoms with E-state index in [9.17, 15) is 4.39 Å². The average Bonchev–Trinajstić information content (AvgIpc) is 2.49. The van der Waals surface area contributed by atoms with Crippen molar-refractivity contribution in [1.29, 1.82) is 0 Å². The normalized spacial score (nSPS) is 31.9. The lowest BCUT2D eigenvalue weighted by atomic mass is 9.55. The second kappa shape index (κ2) is 7.80. The summed E-state index contributed by atoms with van der Waals surface area (Å²) in [6.07, 6.45) is 16.3. The van der Waals surface area contributed by atoms with Crippen molar-refractivity contribution < 1.29 is 4.39 Å². The molecule has 1 unspecified atom stereocenters. The van der Waals surface area contributed by atoms with Gasteiger partial charge >= 0.3 is 0 Å². The first-order valence-corrected chi connectivity index (χ1v) is 9.29. The van der Waals surface area contributed by atoms with Gasteiger partial charge < -0.3 is 0 Å². The Kier molecular flexibility index (Phi) is 6.36. The van der Waals surface area contributed by atoms with Crippen molar-refractivity contribution in [3.8, 4) is 0 Å². The second-order valence-corrected chi connectivity index (χ2v) is 7.68. The molecule has 0 aromatic carbocycles. The Balaban J connectivity index is 2.00. The van der Waals surface area contributed by atoms with Gasteiger partial charge in [0, 0.05) is 0 Å². The summed E-state index contributed by atoms with van der Waals surface area (Å²) in [5.41, 5.74) is 0.648. The lowest BCUT2D eigenvalue weighted by molar-refractivity contribution is -0.00124. The van der Waals surface area contributed by atoms with E-state index < -0.39 is 0 Å². The lowest BCUT2D eigenvalue weighted by Gasteiger charge is -2.50. The molecule has 0 heterocycles. The Morgan fingerprint density at radius 2 is 1.70 bits per heavy atom. The molecule has 2 aliphatic rings. The standard InChI is InChI=1S/C19H35F/c1-3-7-16(2)19(13-5-4-6-14-19)18-10-8-17(9-11-18)12-15-20/h16-18H,3-15H2,1-2H3. The van der Waals surface area contributed by atoms with Crippen molar-refractivity contribution >= 4 is 0 Å². The summed E-state index contributed by atoms with van der Waals surface area (Å²) >= 11 is 0. The average molecular weight is 282 g/mol. The van der Waals surface area contributed by atoms with Crippen LogP contribution in [0.4, 0.5) is 4.39 Å². The van der Waals surface area contributed by atoms with Crippen LogP contribution >= 0.6 is 0 Å². The van der Waals surface area contributed by atoms with Crippen LogP contribution < -0.4 is 0 Å². The van der Waals surface area contributed by atoms with E-state index in [4.69, 9.17) is 0 Å². The minimum absolute atomic E-state index is 0.104. The highest BCUT2D eigenvalue weighted by Crippen LogP contribution is 2.54. The van der Waals surface area contributed by atoms with Gasteiger partial charge in [-0.25, -0.2) is 0 Å². The number of alkyl halides is 1. The predicted octanol–water partition coefficient (Wildman–Crippen LogP) is 6.54. The van der Waals surface area contributed by atoms with Gasteiger partial charge in [-0.05, 0) is 55.3 Å². The molecule has 0 radical (unpaired) electrons. The largest absolute Gasteiger partial charge is 0.251 e. The molecule has 2 rings (SSSR count).